The molecule has 3 aromatic rings. The van der Waals surface area contributed by atoms with Crippen molar-refractivity contribution in [3.05, 3.63) is 60.3 Å². The maximum atomic E-state index is 13.8. The molecule has 1 amide bonds. The van der Waals surface area contributed by atoms with Crippen molar-refractivity contribution < 1.29 is 18.3 Å². The van der Waals surface area contributed by atoms with Crippen LogP contribution in [0.3, 0.4) is 0 Å². The lowest BCUT2D eigenvalue weighted by Crippen LogP contribution is -2.25. The maximum absolute atomic E-state index is 13.8. The van der Waals surface area contributed by atoms with E-state index in [1.54, 1.807) is 24.5 Å². The van der Waals surface area contributed by atoms with Gasteiger partial charge in [-0.15, -0.1) is 0 Å². The van der Waals surface area contributed by atoms with Crippen LogP contribution >= 0.6 is 0 Å². The highest BCUT2D eigenvalue weighted by atomic mass is 19.3. The highest BCUT2D eigenvalue weighted by Crippen LogP contribution is 2.44. The van der Waals surface area contributed by atoms with Crippen LogP contribution in [0.4, 0.5) is 14.5 Å². The van der Waals surface area contributed by atoms with E-state index in [4.69, 9.17) is 4.74 Å². The number of rotatable bonds is 6. The number of hydrogen-bond acceptors (Lipinski definition) is 6. The summed E-state index contributed by atoms with van der Waals surface area (Å²) in [5.74, 6) is -3.28. The van der Waals surface area contributed by atoms with Gasteiger partial charge in [0.25, 0.3) is 5.91 Å². The molecule has 0 spiro atoms. The molecule has 33 heavy (non-hydrogen) atoms. The summed E-state index contributed by atoms with van der Waals surface area (Å²) in [7, 11) is 0. The average molecular weight is 453 g/mol. The molecule has 9 heteroatoms. The predicted octanol–water partition coefficient (Wildman–Crippen LogP) is 5.27. The zero-order valence-electron chi connectivity index (χ0n) is 18.5. The number of aromatic nitrogens is 4. The monoisotopic (exact) mass is 453 g/mol. The van der Waals surface area contributed by atoms with Crippen LogP contribution in [0.2, 0.25) is 0 Å². The molecule has 3 heterocycles. The zero-order valence-corrected chi connectivity index (χ0v) is 18.5. The number of carbonyl (C=O) groups excluding carboxylic acids is 1. The summed E-state index contributed by atoms with van der Waals surface area (Å²) in [6.07, 6.45) is 6.14. The lowest BCUT2D eigenvalue weighted by Gasteiger charge is -2.29. The second-order valence-electron chi connectivity index (χ2n) is 8.34. The van der Waals surface area contributed by atoms with Crippen LogP contribution < -0.4 is 10.1 Å². The Balaban J connectivity index is 1.67. The number of alkyl halides is 2. The average Bonchev–Trinajstić information content (AvgIpc) is 2.80. The molecule has 0 bridgehead atoms. The molecule has 0 saturated heterocycles. The summed E-state index contributed by atoms with van der Waals surface area (Å²) in [5, 5.41) is 2.92. The summed E-state index contributed by atoms with van der Waals surface area (Å²) in [6, 6.07) is 7.41. The Morgan fingerprint density at radius 2 is 1.79 bits per heavy atom. The van der Waals surface area contributed by atoms with Crippen LogP contribution in [-0.2, 0) is 0 Å². The van der Waals surface area contributed by atoms with E-state index in [1.165, 1.54) is 12.4 Å². The Hall–Kier alpha value is -3.49. The van der Waals surface area contributed by atoms with Gasteiger partial charge in [0.2, 0.25) is 5.92 Å². The van der Waals surface area contributed by atoms with Gasteiger partial charge in [0.05, 0.1) is 28.7 Å². The van der Waals surface area contributed by atoms with E-state index in [-0.39, 0.29) is 36.4 Å². The normalized spacial score (nSPS) is 15.9. The second kappa shape index (κ2) is 9.56. The van der Waals surface area contributed by atoms with Crippen molar-refractivity contribution in [2.45, 2.75) is 57.5 Å². The molecule has 1 N–H and O–H groups in total. The van der Waals surface area contributed by atoms with Crippen LogP contribution in [0, 0.1) is 0 Å². The number of nitrogens with one attached hydrogen (secondary N) is 1. The fourth-order valence-corrected chi connectivity index (χ4v) is 3.86. The standard InChI is InChI=1S/C24H25F2N5O2/c1-15(2)33-23-29-13-17(14-30-23)22(32)31-21-18(19-5-3-4-11-27-19)8-12-28-20(21)16-6-9-24(25,26)10-7-16/h3-5,8,11-16H,6-7,9-10H2,1-2H3,(H,31,32). The van der Waals surface area contributed by atoms with Crippen molar-refractivity contribution in [2.24, 2.45) is 0 Å². The van der Waals surface area contributed by atoms with Crippen LogP contribution in [0.15, 0.2) is 49.1 Å². The fraction of sp³-hybridized carbons (Fsp3) is 0.375. The van der Waals surface area contributed by atoms with Gasteiger partial charge in [-0.05, 0) is 44.9 Å². The van der Waals surface area contributed by atoms with Crippen molar-refractivity contribution in [2.75, 3.05) is 5.32 Å². The van der Waals surface area contributed by atoms with Crippen LogP contribution in [0.1, 0.15) is 61.5 Å². The van der Waals surface area contributed by atoms with Crippen molar-refractivity contribution in [3.8, 4) is 17.3 Å². The smallest absolute Gasteiger partial charge is 0.316 e. The summed E-state index contributed by atoms with van der Waals surface area (Å²) >= 11 is 0. The van der Waals surface area contributed by atoms with Gasteiger partial charge in [0.1, 0.15) is 0 Å². The largest absolute Gasteiger partial charge is 0.461 e. The first-order chi connectivity index (χ1) is 15.8. The molecule has 3 aromatic heterocycles. The summed E-state index contributed by atoms with van der Waals surface area (Å²) in [6.45, 7) is 3.71. The molecule has 1 aliphatic rings. The van der Waals surface area contributed by atoms with Gasteiger partial charge in [0, 0.05) is 49.1 Å². The third-order valence-electron chi connectivity index (χ3n) is 5.49. The number of amides is 1. The number of hydrogen-bond donors (Lipinski definition) is 1. The Morgan fingerprint density at radius 3 is 2.42 bits per heavy atom. The first-order valence-corrected chi connectivity index (χ1v) is 10.9. The van der Waals surface area contributed by atoms with E-state index < -0.39 is 11.8 Å². The molecular formula is C24H25F2N5O2. The topological polar surface area (TPSA) is 89.9 Å². The SMILES string of the molecule is CC(C)Oc1ncc(C(=O)Nc2c(-c3ccccn3)ccnc2C2CCC(F)(F)CC2)cn1. The second-order valence-corrected chi connectivity index (χ2v) is 8.34. The molecule has 1 fully saturated rings. The van der Waals surface area contributed by atoms with E-state index in [2.05, 4.69) is 25.3 Å². The summed E-state index contributed by atoms with van der Waals surface area (Å²) < 4.78 is 32.9. The molecule has 1 saturated carbocycles. The predicted molar refractivity (Wildman–Crippen MR) is 119 cm³/mol. The fourth-order valence-electron chi connectivity index (χ4n) is 3.86. The molecular weight excluding hydrogens is 428 g/mol. The quantitative estimate of drug-likeness (QED) is 0.547. The molecule has 1 aliphatic carbocycles. The van der Waals surface area contributed by atoms with Gasteiger partial charge >= 0.3 is 6.01 Å². The number of nitrogens with zero attached hydrogens (tertiary/aromatic N) is 4. The molecule has 0 aromatic carbocycles. The molecule has 0 aliphatic heterocycles. The Morgan fingerprint density at radius 1 is 1.06 bits per heavy atom. The molecule has 7 nitrogen and oxygen atoms in total. The summed E-state index contributed by atoms with van der Waals surface area (Å²) in [4.78, 5) is 30.1. The van der Waals surface area contributed by atoms with Crippen LogP contribution in [-0.4, -0.2) is 37.9 Å². The first-order valence-electron chi connectivity index (χ1n) is 10.9. The van der Waals surface area contributed by atoms with Gasteiger partial charge in [-0.1, -0.05) is 6.07 Å². The Bertz CT molecular complexity index is 1100. The number of ether oxygens (including phenoxy) is 1. The number of pyridine rings is 2. The Labute approximate surface area is 190 Å². The minimum Gasteiger partial charge on any atom is -0.461 e. The van der Waals surface area contributed by atoms with E-state index in [0.717, 1.165) is 0 Å². The highest BCUT2D eigenvalue weighted by Gasteiger charge is 2.37. The summed E-state index contributed by atoms with van der Waals surface area (Å²) in [5.41, 5.74) is 2.62. The molecule has 172 valence electrons. The minimum absolute atomic E-state index is 0.0913. The third-order valence-corrected chi connectivity index (χ3v) is 5.49. The zero-order chi connectivity index (χ0) is 23.4. The lowest BCUT2D eigenvalue weighted by molar-refractivity contribution is -0.0384. The van der Waals surface area contributed by atoms with Gasteiger partial charge < -0.3 is 10.1 Å². The first kappa shape index (κ1) is 22.7. The van der Waals surface area contributed by atoms with E-state index in [1.807, 2.05) is 26.0 Å². The van der Waals surface area contributed by atoms with Crippen molar-refractivity contribution >= 4 is 11.6 Å². The van der Waals surface area contributed by atoms with E-state index >= 15 is 0 Å². The minimum atomic E-state index is -2.66. The highest BCUT2D eigenvalue weighted by molar-refractivity contribution is 6.06. The van der Waals surface area contributed by atoms with Crippen molar-refractivity contribution in [3.63, 3.8) is 0 Å². The molecule has 4 rings (SSSR count). The van der Waals surface area contributed by atoms with Crippen molar-refractivity contribution in [1.82, 2.24) is 19.9 Å². The molecule has 0 atom stereocenters. The molecule has 0 unspecified atom stereocenters. The van der Waals surface area contributed by atoms with Gasteiger partial charge in [0.15, 0.2) is 0 Å². The third kappa shape index (κ3) is 5.47. The van der Waals surface area contributed by atoms with E-state index in [0.29, 0.717) is 35.5 Å². The molecule has 0 radical (unpaired) electrons. The number of halogens is 2. The van der Waals surface area contributed by atoms with Crippen LogP contribution in [0.25, 0.3) is 11.3 Å². The van der Waals surface area contributed by atoms with Gasteiger partial charge in [-0.25, -0.2) is 18.7 Å². The number of carbonyl (C=O) groups is 1. The number of anilines is 1. The lowest BCUT2D eigenvalue weighted by atomic mass is 9.83. The van der Waals surface area contributed by atoms with Gasteiger partial charge in [-0.3, -0.25) is 14.8 Å². The van der Waals surface area contributed by atoms with Crippen LogP contribution in [0.5, 0.6) is 6.01 Å². The van der Waals surface area contributed by atoms with Gasteiger partial charge in [-0.2, -0.15) is 0 Å². The Kier molecular flexibility index (Phi) is 6.57. The van der Waals surface area contributed by atoms with E-state index in [9.17, 15) is 13.6 Å². The maximum Gasteiger partial charge on any atom is 0.316 e. The van der Waals surface area contributed by atoms with Crippen molar-refractivity contribution in [1.29, 1.82) is 0 Å².